The van der Waals surface area contributed by atoms with Crippen molar-refractivity contribution in [3.63, 3.8) is 0 Å². The van der Waals surface area contributed by atoms with Crippen molar-refractivity contribution >= 4 is 17.8 Å². The summed E-state index contributed by atoms with van der Waals surface area (Å²) in [6.07, 6.45) is 0. The molecule has 1 N–H and O–H groups in total. The molecule has 7 heteroatoms. The van der Waals surface area contributed by atoms with Gasteiger partial charge in [0.15, 0.2) is 0 Å². The molecule has 21 heavy (non-hydrogen) atoms. The van der Waals surface area contributed by atoms with Gasteiger partial charge in [-0.15, -0.1) is 0 Å². The van der Waals surface area contributed by atoms with Crippen LogP contribution in [-0.2, 0) is 20.9 Å². The van der Waals surface area contributed by atoms with Crippen LogP contribution in [0.4, 0.5) is 4.39 Å². The van der Waals surface area contributed by atoms with Gasteiger partial charge < -0.3 is 14.9 Å². The first-order chi connectivity index (χ1) is 9.79. The number of aliphatic carboxylic acids is 1. The second-order valence-electron chi connectivity index (χ2n) is 4.65. The van der Waals surface area contributed by atoms with E-state index in [0.29, 0.717) is 5.56 Å². The highest BCUT2D eigenvalue weighted by Gasteiger charge is 2.19. The first-order valence-corrected chi connectivity index (χ1v) is 6.25. The van der Waals surface area contributed by atoms with E-state index in [1.54, 1.807) is 0 Å². The Morgan fingerprint density at radius 1 is 1.14 bits per heavy atom. The normalized spacial score (nSPS) is 10.0. The molecule has 0 aliphatic rings. The summed E-state index contributed by atoms with van der Waals surface area (Å²) in [7, 11) is 1.46. The zero-order valence-corrected chi connectivity index (χ0v) is 11.9. The van der Waals surface area contributed by atoms with Gasteiger partial charge in [0.05, 0.1) is 6.54 Å². The van der Waals surface area contributed by atoms with Crippen molar-refractivity contribution in [3.05, 3.63) is 35.6 Å². The van der Waals surface area contributed by atoms with E-state index in [-0.39, 0.29) is 19.0 Å². The fourth-order valence-electron chi connectivity index (χ4n) is 1.62. The number of nitrogens with zero attached hydrogens (tertiary/aromatic N) is 2. The van der Waals surface area contributed by atoms with Crippen molar-refractivity contribution in [1.29, 1.82) is 0 Å². The predicted octanol–water partition coefficient (Wildman–Crippen LogP) is 0.717. The lowest BCUT2D eigenvalue weighted by molar-refractivity contribution is -0.146. The minimum absolute atomic E-state index is 0.0388. The molecule has 1 rings (SSSR count). The molecular formula is C14H17FN2O4. The molecule has 0 spiro atoms. The van der Waals surface area contributed by atoms with E-state index in [9.17, 15) is 18.8 Å². The SMILES string of the molecule is CC(=O)N(C)CC(=O)N(CC(=O)O)Cc1ccc(F)cc1. The Morgan fingerprint density at radius 3 is 2.19 bits per heavy atom. The zero-order valence-electron chi connectivity index (χ0n) is 11.9. The Labute approximate surface area is 121 Å². The Kier molecular flexibility index (Phi) is 5.83. The number of carboxylic acids is 1. The first kappa shape index (κ1) is 16.6. The third kappa shape index (κ3) is 5.60. The summed E-state index contributed by atoms with van der Waals surface area (Å²) in [6.45, 7) is 0.664. The van der Waals surface area contributed by atoms with Crippen LogP contribution >= 0.6 is 0 Å². The number of carbonyl (C=O) groups excluding carboxylic acids is 2. The van der Waals surface area contributed by atoms with Crippen LogP contribution < -0.4 is 0 Å². The minimum atomic E-state index is -1.16. The van der Waals surface area contributed by atoms with Crippen LogP contribution in [0.25, 0.3) is 0 Å². The molecule has 0 bridgehead atoms. The summed E-state index contributed by atoms with van der Waals surface area (Å²) < 4.78 is 12.8. The van der Waals surface area contributed by atoms with Crippen molar-refractivity contribution in [1.82, 2.24) is 9.80 Å². The fraction of sp³-hybridized carbons (Fsp3) is 0.357. The van der Waals surface area contributed by atoms with Gasteiger partial charge in [0.25, 0.3) is 0 Å². The van der Waals surface area contributed by atoms with Crippen LogP contribution in [0.1, 0.15) is 12.5 Å². The smallest absolute Gasteiger partial charge is 0.323 e. The maximum atomic E-state index is 12.8. The molecule has 2 amide bonds. The average Bonchev–Trinajstić information content (AvgIpc) is 2.39. The largest absolute Gasteiger partial charge is 0.480 e. The van der Waals surface area contributed by atoms with Gasteiger partial charge in [0.2, 0.25) is 11.8 Å². The minimum Gasteiger partial charge on any atom is -0.480 e. The fourth-order valence-corrected chi connectivity index (χ4v) is 1.62. The van der Waals surface area contributed by atoms with Crippen molar-refractivity contribution in [2.75, 3.05) is 20.1 Å². The molecule has 0 saturated heterocycles. The number of hydrogen-bond donors (Lipinski definition) is 1. The molecule has 0 heterocycles. The molecule has 1 aromatic rings. The lowest BCUT2D eigenvalue weighted by Crippen LogP contribution is -2.42. The lowest BCUT2D eigenvalue weighted by Gasteiger charge is -2.23. The predicted molar refractivity (Wildman–Crippen MR) is 72.8 cm³/mol. The van der Waals surface area contributed by atoms with Crippen LogP contribution in [0.2, 0.25) is 0 Å². The molecule has 0 radical (unpaired) electrons. The molecule has 0 saturated carbocycles. The maximum absolute atomic E-state index is 12.8. The Bertz CT molecular complexity index is 530. The average molecular weight is 296 g/mol. The molecule has 0 aliphatic carbocycles. The molecular weight excluding hydrogens is 279 g/mol. The molecule has 0 unspecified atom stereocenters. The van der Waals surface area contributed by atoms with Crippen LogP contribution in [0.3, 0.4) is 0 Å². The highest BCUT2D eigenvalue weighted by atomic mass is 19.1. The molecule has 0 fully saturated rings. The molecule has 0 aromatic heterocycles. The number of benzene rings is 1. The standard InChI is InChI=1S/C14H17FN2O4/c1-10(18)16(2)8-13(19)17(9-14(20)21)7-11-3-5-12(15)6-4-11/h3-6H,7-9H2,1-2H3,(H,20,21). The quantitative estimate of drug-likeness (QED) is 0.839. The van der Waals surface area contributed by atoms with E-state index in [4.69, 9.17) is 5.11 Å². The number of carbonyl (C=O) groups is 3. The van der Waals surface area contributed by atoms with Crippen LogP contribution in [0, 0.1) is 5.82 Å². The molecule has 114 valence electrons. The van der Waals surface area contributed by atoms with E-state index >= 15 is 0 Å². The zero-order chi connectivity index (χ0) is 16.0. The monoisotopic (exact) mass is 296 g/mol. The van der Waals surface area contributed by atoms with Crippen molar-refractivity contribution < 1.29 is 23.9 Å². The Morgan fingerprint density at radius 2 is 1.71 bits per heavy atom. The second-order valence-corrected chi connectivity index (χ2v) is 4.65. The number of amides is 2. The third-order valence-electron chi connectivity index (χ3n) is 2.88. The molecule has 0 atom stereocenters. The van der Waals surface area contributed by atoms with Gasteiger partial charge >= 0.3 is 5.97 Å². The van der Waals surface area contributed by atoms with E-state index < -0.39 is 24.2 Å². The maximum Gasteiger partial charge on any atom is 0.323 e. The summed E-state index contributed by atoms with van der Waals surface area (Å²) in [6, 6.07) is 5.43. The van der Waals surface area contributed by atoms with Gasteiger partial charge in [-0.05, 0) is 17.7 Å². The van der Waals surface area contributed by atoms with Crippen LogP contribution in [0.5, 0.6) is 0 Å². The summed E-state index contributed by atoms with van der Waals surface area (Å²) >= 11 is 0. The van der Waals surface area contributed by atoms with Crippen molar-refractivity contribution in [2.24, 2.45) is 0 Å². The van der Waals surface area contributed by atoms with Crippen molar-refractivity contribution in [2.45, 2.75) is 13.5 Å². The second kappa shape index (κ2) is 7.37. The highest BCUT2D eigenvalue weighted by Crippen LogP contribution is 2.07. The molecule has 0 aliphatic heterocycles. The molecule has 6 nitrogen and oxygen atoms in total. The van der Waals surface area contributed by atoms with E-state index in [1.165, 1.54) is 43.1 Å². The van der Waals surface area contributed by atoms with E-state index in [1.807, 2.05) is 0 Å². The van der Waals surface area contributed by atoms with Crippen LogP contribution in [-0.4, -0.2) is 52.8 Å². The van der Waals surface area contributed by atoms with Gasteiger partial charge in [-0.25, -0.2) is 4.39 Å². The number of hydrogen-bond acceptors (Lipinski definition) is 3. The van der Waals surface area contributed by atoms with Gasteiger partial charge in [0.1, 0.15) is 12.4 Å². The molecule has 1 aromatic carbocycles. The first-order valence-electron chi connectivity index (χ1n) is 6.25. The number of carboxylic acid groups (broad SMARTS) is 1. The highest BCUT2D eigenvalue weighted by molar-refractivity contribution is 5.86. The van der Waals surface area contributed by atoms with E-state index in [2.05, 4.69) is 0 Å². The summed E-state index contributed by atoms with van der Waals surface area (Å²) in [5.41, 5.74) is 0.608. The lowest BCUT2D eigenvalue weighted by atomic mass is 10.2. The van der Waals surface area contributed by atoms with Crippen LogP contribution in [0.15, 0.2) is 24.3 Å². The van der Waals surface area contributed by atoms with Crippen molar-refractivity contribution in [3.8, 4) is 0 Å². The topological polar surface area (TPSA) is 77.9 Å². The number of halogens is 1. The van der Waals surface area contributed by atoms with Gasteiger partial charge in [-0.2, -0.15) is 0 Å². The number of likely N-dealkylation sites (N-methyl/N-ethyl adjacent to an activating group) is 1. The summed E-state index contributed by atoms with van der Waals surface area (Å²) in [5, 5.41) is 8.86. The Hall–Kier alpha value is -2.44. The van der Waals surface area contributed by atoms with Gasteiger partial charge in [-0.3, -0.25) is 14.4 Å². The van der Waals surface area contributed by atoms with E-state index in [0.717, 1.165) is 4.90 Å². The van der Waals surface area contributed by atoms with Gasteiger partial charge in [-0.1, -0.05) is 12.1 Å². The Balaban J connectivity index is 2.79. The number of rotatable bonds is 6. The van der Waals surface area contributed by atoms with Gasteiger partial charge in [0, 0.05) is 20.5 Å². The summed E-state index contributed by atoms with van der Waals surface area (Å²) in [4.78, 5) is 36.3. The third-order valence-corrected chi connectivity index (χ3v) is 2.88. The summed E-state index contributed by atoms with van der Waals surface area (Å²) in [5.74, 6) is -2.35.